The van der Waals surface area contributed by atoms with Gasteiger partial charge in [-0.15, -0.1) is 0 Å². The topological polar surface area (TPSA) is 63.7 Å². The van der Waals surface area contributed by atoms with Gasteiger partial charge in [0.25, 0.3) is 0 Å². The molecule has 4 aliphatic carbocycles. The fraction of sp³-hybridized carbons (Fsp3) is 0.346. The second kappa shape index (κ2) is 7.26. The Labute approximate surface area is 195 Å². The number of ether oxygens (including phenoxy) is 1. The van der Waals surface area contributed by atoms with Crippen molar-refractivity contribution in [3.63, 3.8) is 0 Å². The van der Waals surface area contributed by atoms with Gasteiger partial charge >= 0.3 is 0 Å². The van der Waals surface area contributed by atoms with E-state index in [1.807, 2.05) is 0 Å². The van der Waals surface area contributed by atoms with Crippen LogP contribution in [-0.2, 0) is 9.59 Å². The van der Waals surface area contributed by atoms with Crippen LogP contribution in [0, 0.1) is 48.2 Å². The standard InChI is InChI=1S/C26H21ClFNO4/c1-12-8-13(2-6-19(12)27)22(30)11-33-14-3-7-21(20(28)9-14)29-25(31)23-15-4-5-16(18-10-17(15)18)24(23)26(29)32/h2-9,15-18,23-24H,10-11H2,1H3/t15-,16+,17?,18?,23-,24+. The first kappa shape index (κ1) is 20.6. The van der Waals surface area contributed by atoms with Crippen LogP contribution in [0.25, 0.3) is 0 Å². The highest BCUT2D eigenvalue weighted by atomic mass is 35.5. The number of benzene rings is 2. The highest BCUT2D eigenvalue weighted by Crippen LogP contribution is 2.65. The summed E-state index contributed by atoms with van der Waals surface area (Å²) in [4.78, 5) is 39.8. The number of halogens is 2. The molecule has 2 bridgehead atoms. The lowest BCUT2D eigenvalue weighted by Gasteiger charge is -2.37. The number of hydrogen-bond donors (Lipinski definition) is 0. The molecule has 5 aliphatic rings. The van der Waals surface area contributed by atoms with Crippen molar-refractivity contribution in [2.24, 2.45) is 35.5 Å². The second-order valence-corrected chi connectivity index (χ2v) is 9.86. The van der Waals surface area contributed by atoms with E-state index in [0.29, 0.717) is 22.4 Å². The van der Waals surface area contributed by atoms with Crippen molar-refractivity contribution >= 4 is 34.9 Å². The third-order valence-corrected chi connectivity index (χ3v) is 8.10. The Morgan fingerprint density at radius 1 is 1.06 bits per heavy atom. The lowest BCUT2D eigenvalue weighted by molar-refractivity contribution is -0.124. The smallest absolute Gasteiger partial charge is 0.238 e. The number of ketones is 1. The lowest BCUT2D eigenvalue weighted by atomic mass is 9.63. The highest BCUT2D eigenvalue weighted by molar-refractivity contribution is 6.31. The average Bonchev–Trinajstić information content (AvgIpc) is 3.58. The van der Waals surface area contributed by atoms with Crippen LogP contribution in [0.5, 0.6) is 5.75 Å². The number of rotatable bonds is 5. The van der Waals surface area contributed by atoms with Crippen molar-refractivity contribution in [1.82, 2.24) is 0 Å². The van der Waals surface area contributed by atoms with E-state index < -0.39 is 5.82 Å². The summed E-state index contributed by atoms with van der Waals surface area (Å²) >= 11 is 5.99. The van der Waals surface area contributed by atoms with Gasteiger partial charge in [0.15, 0.2) is 18.2 Å². The van der Waals surface area contributed by atoms with E-state index in [4.69, 9.17) is 16.3 Å². The summed E-state index contributed by atoms with van der Waals surface area (Å²) < 4.78 is 20.5. The minimum absolute atomic E-state index is 0.0560. The van der Waals surface area contributed by atoms with E-state index in [2.05, 4.69) is 12.2 Å². The Morgan fingerprint density at radius 3 is 2.33 bits per heavy atom. The normalized spacial score (nSPS) is 30.9. The molecule has 2 aromatic carbocycles. The number of anilines is 1. The molecule has 5 nitrogen and oxygen atoms in total. The zero-order valence-electron chi connectivity index (χ0n) is 17.8. The van der Waals surface area contributed by atoms with Gasteiger partial charge in [0, 0.05) is 16.7 Å². The summed E-state index contributed by atoms with van der Waals surface area (Å²) in [6, 6.07) is 8.90. The minimum Gasteiger partial charge on any atom is -0.485 e. The van der Waals surface area contributed by atoms with E-state index in [1.54, 1.807) is 25.1 Å². The molecule has 0 radical (unpaired) electrons. The number of hydrogen-bond acceptors (Lipinski definition) is 4. The van der Waals surface area contributed by atoms with Crippen LogP contribution in [0.2, 0.25) is 5.02 Å². The Bertz CT molecular complexity index is 1220. The van der Waals surface area contributed by atoms with E-state index in [0.717, 1.165) is 23.0 Å². The molecule has 6 atom stereocenters. The van der Waals surface area contributed by atoms with Crippen molar-refractivity contribution in [3.05, 3.63) is 70.5 Å². The van der Waals surface area contributed by atoms with Gasteiger partial charge < -0.3 is 4.74 Å². The molecule has 0 aromatic heterocycles. The molecule has 0 N–H and O–H groups in total. The summed E-state index contributed by atoms with van der Waals surface area (Å²) in [5.74, 6) is -1.09. The molecule has 7 heteroatoms. The van der Waals surface area contributed by atoms with E-state index in [1.165, 1.54) is 12.1 Å². The molecule has 2 aromatic rings. The molecule has 33 heavy (non-hydrogen) atoms. The monoisotopic (exact) mass is 465 g/mol. The van der Waals surface area contributed by atoms with E-state index in [-0.39, 0.29) is 59.3 Å². The number of carbonyl (C=O) groups excluding carboxylic acids is 3. The Hall–Kier alpha value is -2.99. The van der Waals surface area contributed by atoms with E-state index in [9.17, 15) is 14.4 Å². The fourth-order valence-corrected chi connectivity index (χ4v) is 6.12. The molecule has 0 spiro atoms. The number of amides is 2. The summed E-state index contributed by atoms with van der Waals surface area (Å²) in [6.07, 6.45) is 5.24. The predicted molar refractivity (Wildman–Crippen MR) is 120 cm³/mol. The number of nitrogens with zero attached hydrogens (tertiary/aromatic N) is 1. The van der Waals surface area contributed by atoms with Crippen LogP contribution in [0.4, 0.5) is 10.1 Å². The summed E-state index contributed by atoms with van der Waals surface area (Å²) in [5.41, 5.74) is 1.17. The number of allylic oxidation sites excluding steroid dienone is 2. The maximum atomic E-state index is 15.0. The first-order valence-electron chi connectivity index (χ1n) is 11.1. The van der Waals surface area contributed by atoms with Crippen molar-refractivity contribution in [2.75, 3.05) is 11.5 Å². The Morgan fingerprint density at radius 2 is 1.73 bits per heavy atom. The lowest BCUT2D eigenvalue weighted by Crippen LogP contribution is -2.40. The Kier molecular flexibility index (Phi) is 4.53. The van der Waals surface area contributed by atoms with Gasteiger partial charge in [-0.25, -0.2) is 9.29 Å². The van der Waals surface area contributed by atoms with Gasteiger partial charge in [-0.3, -0.25) is 14.4 Å². The third kappa shape index (κ3) is 3.07. The average molecular weight is 466 g/mol. The summed E-state index contributed by atoms with van der Waals surface area (Å²) in [6.45, 7) is 1.53. The largest absolute Gasteiger partial charge is 0.485 e. The van der Waals surface area contributed by atoms with Gasteiger partial charge in [0.05, 0.1) is 17.5 Å². The molecule has 1 saturated heterocycles. The van der Waals surface area contributed by atoms with Crippen LogP contribution < -0.4 is 9.64 Å². The van der Waals surface area contributed by atoms with Gasteiger partial charge in [0.1, 0.15) is 5.75 Å². The first-order chi connectivity index (χ1) is 15.8. The molecule has 1 aliphatic heterocycles. The molecule has 1 heterocycles. The summed E-state index contributed by atoms with van der Waals surface area (Å²) in [7, 11) is 0. The van der Waals surface area contributed by atoms with Crippen molar-refractivity contribution < 1.29 is 23.5 Å². The molecule has 7 rings (SSSR count). The van der Waals surface area contributed by atoms with Crippen molar-refractivity contribution in [1.29, 1.82) is 0 Å². The molecular formula is C26H21ClFNO4. The number of Topliss-reactive ketones (excluding diaryl/α,β-unsaturated/α-hetero) is 1. The van der Waals surface area contributed by atoms with Crippen LogP contribution in [0.15, 0.2) is 48.6 Å². The first-order valence-corrected chi connectivity index (χ1v) is 11.5. The molecular weight excluding hydrogens is 445 g/mol. The van der Waals surface area contributed by atoms with Crippen LogP contribution in [0.1, 0.15) is 22.3 Å². The number of carbonyl (C=O) groups is 3. The summed E-state index contributed by atoms with van der Waals surface area (Å²) in [5, 5.41) is 0.566. The molecule has 2 unspecified atom stereocenters. The van der Waals surface area contributed by atoms with Crippen molar-refractivity contribution in [3.8, 4) is 5.75 Å². The zero-order valence-corrected chi connectivity index (χ0v) is 18.6. The van der Waals surface area contributed by atoms with Crippen LogP contribution in [-0.4, -0.2) is 24.2 Å². The van der Waals surface area contributed by atoms with Crippen molar-refractivity contribution in [2.45, 2.75) is 13.3 Å². The third-order valence-electron chi connectivity index (χ3n) is 7.67. The van der Waals surface area contributed by atoms with Gasteiger partial charge in [-0.05, 0) is 72.9 Å². The molecule has 2 saturated carbocycles. The maximum absolute atomic E-state index is 15.0. The molecule has 168 valence electrons. The van der Waals surface area contributed by atoms with Gasteiger partial charge in [0.2, 0.25) is 11.8 Å². The quantitative estimate of drug-likeness (QED) is 0.367. The fourth-order valence-electron chi connectivity index (χ4n) is 6.00. The Balaban J connectivity index is 1.19. The SMILES string of the molecule is Cc1cc(C(=O)COc2ccc(N3C(=O)[C@@H]4[C@H](C3=O)[C@@H]3C=C[C@H]4C4CC43)c(F)c2)ccc1Cl. The molecule has 2 amide bonds. The van der Waals surface area contributed by atoms with Crippen LogP contribution in [0.3, 0.4) is 0 Å². The number of imide groups is 1. The predicted octanol–water partition coefficient (Wildman–Crippen LogP) is 4.61. The van der Waals surface area contributed by atoms with Crippen LogP contribution >= 0.6 is 11.6 Å². The number of aryl methyl sites for hydroxylation is 1. The second-order valence-electron chi connectivity index (χ2n) is 9.46. The van der Waals surface area contributed by atoms with Gasteiger partial charge in [-0.1, -0.05) is 23.8 Å². The van der Waals surface area contributed by atoms with Gasteiger partial charge in [-0.2, -0.15) is 0 Å². The minimum atomic E-state index is -0.729. The zero-order chi connectivity index (χ0) is 23.0. The molecule has 3 fully saturated rings. The van der Waals surface area contributed by atoms with E-state index >= 15 is 4.39 Å². The highest BCUT2D eigenvalue weighted by Gasteiger charge is 2.67. The maximum Gasteiger partial charge on any atom is 0.238 e.